The molecule has 0 spiro atoms. The number of ether oxygens (including phenoxy) is 2. The second-order valence-corrected chi connectivity index (χ2v) is 26.8. The number of unbranched alkanes of at least 4 members (excludes halogenated alkanes) is 34. The van der Waals surface area contributed by atoms with Gasteiger partial charge in [0.1, 0.15) is 24.4 Å². The van der Waals surface area contributed by atoms with E-state index < -0.39 is 49.5 Å². The molecule has 96 heavy (non-hydrogen) atoms. The van der Waals surface area contributed by atoms with E-state index in [1.165, 1.54) is 180 Å². The second kappa shape index (κ2) is 73.5. The smallest absolute Gasteiger partial charge is 0.220 e. The highest BCUT2D eigenvalue weighted by molar-refractivity contribution is 5.76. The number of hydrogen-bond acceptors (Lipinski definition) is 8. The summed E-state index contributed by atoms with van der Waals surface area (Å²) in [6.45, 7) is 3.68. The molecule has 9 heteroatoms. The van der Waals surface area contributed by atoms with Crippen LogP contribution in [0.1, 0.15) is 328 Å². The first-order chi connectivity index (χ1) is 47.3. The molecule has 0 aromatic heterocycles. The highest BCUT2D eigenvalue weighted by Crippen LogP contribution is 2.23. The number of carbonyl (C=O) groups excluding carboxylic acids is 1. The van der Waals surface area contributed by atoms with Gasteiger partial charge < -0.3 is 40.3 Å². The second-order valence-electron chi connectivity index (χ2n) is 26.8. The molecule has 0 aromatic rings. The van der Waals surface area contributed by atoms with Crippen LogP contribution in [0.3, 0.4) is 0 Å². The Bertz CT molecular complexity index is 2090. The van der Waals surface area contributed by atoms with Crippen LogP contribution in [0.2, 0.25) is 0 Å². The van der Waals surface area contributed by atoms with E-state index in [0.717, 1.165) is 128 Å². The summed E-state index contributed by atoms with van der Waals surface area (Å²) in [5.41, 5.74) is 0. The van der Waals surface area contributed by atoms with Gasteiger partial charge in [-0.15, -0.1) is 0 Å². The van der Waals surface area contributed by atoms with Crippen molar-refractivity contribution in [1.29, 1.82) is 0 Å². The molecule has 1 saturated heterocycles. The number of hydrogen-bond donors (Lipinski definition) is 6. The number of carbonyl (C=O) groups is 1. The predicted octanol–water partition coefficient (Wildman–Crippen LogP) is 23.0. The van der Waals surface area contributed by atoms with E-state index in [1.54, 1.807) is 6.08 Å². The van der Waals surface area contributed by atoms with Crippen LogP contribution < -0.4 is 5.32 Å². The van der Waals surface area contributed by atoms with Crippen LogP contribution in [-0.4, -0.2) is 87.5 Å². The van der Waals surface area contributed by atoms with Gasteiger partial charge in [0.2, 0.25) is 5.91 Å². The van der Waals surface area contributed by atoms with Gasteiger partial charge in [-0.05, 0) is 109 Å². The third-order valence-electron chi connectivity index (χ3n) is 17.9. The maximum absolute atomic E-state index is 13.2. The fourth-order valence-corrected chi connectivity index (χ4v) is 11.7. The third kappa shape index (κ3) is 60.9. The standard InChI is InChI=1S/C87H147NO8/c1-3-5-7-9-11-13-15-17-19-21-23-25-27-29-31-33-35-37-38-39-40-41-42-43-44-45-47-49-51-53-55-57-59-61-63-65-67-69-71-73-75-77-83(91)88-80(79-95-87-86(94)85(93)84(92)82(78-89)96-87)81(90)76-74-72-70-68-66-64-62-60-58-56-54-52-50-48-46-36-34-32-30-28-26-24-22-20-18-16-14-12-10-8-6-4-2/h5,7,11,13,17,19,23,25,29,31,35,37,39-40,42-43,45,47,51,53,57,59,63,65,74,76,80-82,84-87,89-90,92-94H,3-4,6,8-10,12,14-16,18,20-22,24,26-28,30,32-34,36,38,41,44,46,48-50,52,54-56,58,60-62,64,66-73,75,77-79H2,1-2H3,(H,88,91)/b7-5-,13-11-,19-17-,25-23-,31-29-,37-35-,40-39-,43-42-,47-45-,53-51-,59-57-,65-63-,76-74+. The van der Waals surface area contributed by atoms with E-state index in [1.807, 2.05) is 6.08 Å². The minimum atomic E-state index is -1.58. The van der Waals surface area contributed by atoms with Crippen LogP contribution in [-0.2, 0) is 14.3 Å². The van der Waals surface area contributed by atoms with Crippen molar-refractivity contribution < 1.29 is 39.8 Å². The molecule has 0 radical (unpaired) electrons. The molecule has 1 amide bonds. The van der Waals surface area contributed by atoms with Gasteiger partial charge in [0.05, 0.1) is 25.4 Å². The molecule has 548 valence electrons. The summed E-state index contributed by atoms with van der Waals surface area (Å²) in [5, 5.41) is 54.9. The van der Waals surface area contributed by atoms with Crippen molar-refractivity contribution in [3.63, 3.8) is 0 Å². The van der Waals surface area contributed by atoms with E-state index in [9.17, 15) is 30.3 Å². The van der Waals surface area contributed by atoms with E-state index in [2.05, 4.69) is 165 Å². The first kappa shape index (κ1) is 89.8. The maximum Gasteiger partial charge on any atom is 0.220 e. The summed E-state index contributed by atoms with van der Waals surface area (Å²) in [7, 11) is 0. The van der Waals surface area contributed by atoms with Crippen molar-refractivity contribution in [2.45, 2.75) is 371 Å². The van der Waals surface area contributed by atoms with Gasteiger partial charge in [-0.25, -0.2) is 0 Å². The lowest BCUT2D eigenvalue weighted by Crippen LogP contribution is -2.60. The van der Waals surface area contributed by atoms with E-state index in [0.29, 0.717) is 6.42 Å². The molecule has 1 aliphatic heterocycles. The molecular formula is C87H147NO8. The van der Waals surface area contributed by atoms with Crippen molar-refractivity contribution in [1.82, 2.24) is 5.32 Å². The molecule has 0 aromatic carbocycles. The Hall–Kier alpha value is -4.19. The number of nitrogens with one attached hydrogen (secondary N) is 1. The molecular weight excluding hydrogens is 1190 g/mol. The van der Waals surface area contributed by atoms with Gasteiger partial charge in [0.25, 0.3) is 0 Å². The molecule has 0 bridgehead atoms. The largest absolute Gasteiger partial charge is 0.394 e. The third-order valence-corrected chi connectivity index (χ3v) is 17.9. The molecule has 0 aliphatic carbocycles. The summed E-state index contributed by atoms with van der Waals surface area (Å²) in [6.07, 6.45) is 108. The molecule has 9 nitrogen and oxygen atoms in total. The first-order valence-electron chi connectivity index (χ1n) is 39.7. The van der Waals surface area contributed by atoms with Crippen molar-refractivity contribution in [3.8, 4) is 0 Å². The predicted molar refractivity (Wildman–Crippen MR) is 414 cm³/mol. The maximum atomic E-state index is 13.2. The minimum Gasteiger partial charge on any atom is -0.394 e. The molecule has 1 fully saturated rings. The molecule has 7 atom stereocenters. The van der Waals surface area contributed by atoms with Crippen LogP contribution in [0.15, 0.2) is 158 Å². The Labute approximate surface area is 590 Å². The summed E-state index contributed by atoms with van der Waals surface area (Å²) >= 11 is 0. The van der Waals surface area contributed by atoms with Gasteiger partial charge in [-0.2, -0.15) is 0 Å². The van der Waals surface area contributed by atoms with Crippen molar-refractivity contribution in [3.05, 3.63) is 158 Å². The van der Waals surface area contributed by atoms with E-state index in [-0.39, 0.29) is 12.5 Å². The zero-order chi connectivity index (χ0) is 69.2. The Morgan fingerprint density at radius 1 is 0.365 bits per heavy atom. The summed E-state index contributed by atoms with van der Waals surface area (Å²) in [4.78, 5) is 13.2. The summed E-state index contributed by atoms with van der Waals surface area (Å²) in [5.74, 6) is -0.204. The van der Waals surface area contributed by atoms with Crippen molar-refractivity contribution in [2.75, 3.05) is 13.2 Å². The number of aliphatic hydroxyl groups is 5. The zero-order valence-corrected chi connectivity index (χ0v) is 61.6. The number of aliphatic hydroxyl groups excluding tert-OH is 5. The number of amides is 1. The molecule has 7 unspecified atom stereocenters. The van der Waals surface area contributed by atoms with Gasteiger partial charge in [-0.1, -0.05) is 371 Å². The number of allylic oxidation sites excluding steroid dienone is 25. The average Bonchev–Trinajstić information content (AvgIpc) is 0.840. The van der Waals surface area contributed by atoms with Gasteiger partial charge in [0.15, 0.2) is 6.29 Å². The SMILES string of the molecule is CC/C=C\C/C=C\C/C=C\C/C=C\C/C=C\C/C=C\C/C=C\C/C=C\C/C=C\C/C=C\C/C=C\C/C=C\CCCCCCC(=O)NC(COC1OC(CO)C(O)C(O)C1O)C(O)/C=C/CCCCCCCCCCCCCCCCCCCCCCCCCCCCCCCC. The lowest BCUT2D eigenvalue weighted by molar-refractivity contribution is -0.302. The monoisotopic (exact) mass is 1330 g/mol. The van der Waals surface area contributed by atoms with Crippen LogP contribution in [0, 0.1) is 0 Å². The first-order valence-corrected chi connectivity index (χ1v) is 39.7. The quantitative estimate of drug-likeness (QED) is 0.0261. The summed E-state index contributed by atoms with van der Waals surface area (Å²) in [6, 6.07) is -0.833. The van der Waals surface area contributed by atoms with Crippen molar-refractivity contribution >= 4 is 5.91 Å². The topological polar surface area (TPSA) is 149 Å². The van der Waals surface area contributed by atoms with Crippen LogP contribution in [0.5, 0.6) is 0 Å². The molecule has 1 aliphatic rings. The number of rotatable bonds is 68. The Balaban J connectivity index is 2.16. The molecule has 1 rings (SSSR count). The molecule has 0 saturated carbocycles. The highest BCUT2D eigenvalue weighted by atomic mass is 16.7. The molecule has 6 N–H and O–H groups in total. The Morgan fingerprint density at radius 2 is 0.646 bits per heavy atom. The van der Waals surface area contributed by atoms with Gasteiger partial charge in [0, 0.05) is 6.42 Å². The Kier molecular flexibility index (Phi) is 68.8. The van der Waals surface area contributed by atoms with Gasteiger partial charge in [-0.3, -0.25) is 4.79 Å². The lowest BCUT2D eigenvalue weighted by atomic mass is 9.99. The summed E-state index contributed by atoms with van der Waals surface area (Å²) < 4.78 is 11.3. The van der Waals surface area contributed by atoms with Crippen LogP contribution in [0.4, 0.5) is 0 Å². The fourth-order valence-electron chi connectivity index (χ4n) is 11.7. The van der Waals surface area contributed by atoms with Gasteiger partial charge >= 0.3 is 0 Å². The lowest BCUT2D eigenvalue weighted by Gasteiger charge is -2.40. The van der Waals surface area contributed by atoms with Crippen molar-refractivity contribution in [2.24, 2.45) is 0 Å². The normalized spacial score (nSPS) is 18.3. The molecule has 1 heterocycles. The highest BCUT2D eigenvalue weighted by Gasteiger charge is 2.44. The Morgan fingerprint density at radius 3 is 0.958 bits per heavy atom. The van der Waals surface area contributed by atoms with Crippen LogP contribution in [0.25, 0.3) is 0 Å². The average molecular weight is 1340 g/mol. The van der Waals surface area contributed by atoms with E-state index in [4.69, 9.17) is 9.47 Å². The minimum absolute atomic E-state index is 0.204. The zero-order valence-electron chi connectivity index (χ0n) is 61.6. The fraction of sp³-hybridized carbons (Fsp3) is 0.690. The van der Waals surface area contributed by atoms with Crippen LogP contribution >= 0.6 is 0 Å². The van der Waals surface area contributed by atoms with E-state index >= 15 is 0 Å².